The second-order valence-corrected chi connectivity index (χ2v) is 3.49. The lowest BCUT2D eigenvalue weighted by Crippen LogP contribution is -2.40. The largest absolute Gasteiger partial charge is 0.392 e. The van der Waals surface area contributed by atoms with Gasteiger partial charge >= 0.3 is 0 Å². The Labute approximate surface area is 68.8 Å². The summed E-state index contributed by atoms with van der Waals surface area (Å²) in [5, 5.41) is 9.68. The van der Waals surface area contributed by atoms with Crippen LogP contribution in [0.3, 0.4) is 0 Å². The summed E-state index contributed by atoms with van der Waals surface area (Å²) in [4.78, 5) is 0. The van der Waals surface area contributed by atoms with Gasteiger partial charge in [0.2, 0.25) is 0 Å². The molecule has 0 aromatic carbocycles. The van der Waals surface area contributed by atoms with Gasteiger partial charge in [0, 0.05) is 6.42 Å². The molecular formula is C10H16O. The molecule has 1 atom stereocenters. The minimum Gasteiger partial charge on any atom is -0.392 e. The van der Waals surface area contributed by atoms with E-state index in [1.807, 2.05) is 0 Å². The summed E-state index contributed by atoms with van der Waals surface area (Å²) in [7, 11) is 0. The lowest BCUT2D eigenvalue weighted by atomic mass is 9.63. The van der Waals surface area contributed by atoms with Crippen LogP contribution in [0.25, 0.3) is 0 Å². The fourth-order valence-electron chi connectivity index (χ4n) is 1.88. The number of hydrogen-bond donors (Lipinski definition) is 1. The van der Waals surface area contributed by atoms with E-state index in [0.29, 0.717) is 6.42 Å². The van der Waals surface area contributed by atoms with E-state index in [0.717, 1.165) is 19.3 Å². The summed E-state index contributed by atoms with van der Waals surface area (Å²) in [6, 6.07) is 0. The highest BCUT2D eigenvalue weighted by Gasteiger charge is 2.40. The van der Waals surface area contributed by atoms with Crippen molar-refractivity contribution in [1.29, 1.82) is 0 Å². The maximum Gasteiger partial charge on any atom is 0.0705 e. The van der Waals surface area contributed by atoms with Gasteiger partial charge in [-0.2, -0.15) is 0 Å². The third-order valence-electron chi connectivity index (χ3n) is 3.07. The van der Waals surface area contributed by atoms with E-state index in [1.165, 1.54) is 6.42 Å². The molecule has 0 bridgehead atoms. The third kappa shape index (κ3) is 1.41. The van der Waals surface area contributed by atoms with E-state index in [-0.39, 0.29) is 11.5 Å². The average Bonchev–Trinajstić information content (AvgIpc) is 1.87. The highest BCUT2D eigenvalue weighted by molar-refractivity contribution is 4.98. The van der Waals surface area contributed by atoms with Crippen LogP contribution in [-0.4, -0.2) is 11.2 Å². The Bertz CT molecular complexity index is 157. The van der Waals surface area contributed by atoms with Crippen molar-refractivity contribution in [2.24, 2.45) is 5.41 Å². The van der Waals surface area contributed by atoms with Gasteiger partial charge < -0.3 is 5.11 Å². The first-order valence-corrected chi connectivity index (χ1v) is 4.37. The normalized spacial score (nSPS) is 23.4. The monoisotopic (exact) mass is 152 g/mol. The zero-order valence-electron chi connectivity index (χ0n) is 7.14. The second kappa shape index (κ2) is 3.28. The van der Waals surface area contributed by atoms with E-state index in [2.05, 4.69) is 12.8 Å². The Morgan fingerprint density at radius 1 is 1.64 bits per heavy atom. The Kier molecular flexibility index (Phi) is 2.57. The predicted octanol–water partition coefficient (Wildman–Crippen LogP) is 1.95. The van der Waals surface area contributed by atoms with E-state index in [4.69, 9.17) is 6.42 Å². The van der Waals surface area contributed by atoms with Crippen molar-refractivity contribution in [2.45, 2.75) is 45.1 Å². The van der Waals surface area contributed by atoms with Crippen LogP contribution in [0.5, 0.6) is 0 Å². The third-order valence-corrected chi connectivity index (χ3v) is 3.07. The minimum atomic E-state index is -0.258. The maximum atomic E-state index is 9.68. The zero-order chi connectivity index (χ0) is 8.32. The van der Waals surface area contributed by atoms with Gasteiger partial charge in [-0.1, -0.05) is 13.3 Å². The van der Waals surface area contributed by atoms with Gasteiger partial charge in [0.15, 0.2) is 0 Å². The molecule has 1 fully saturated rings. The van der Waals surface area contributed by atoms with Crippen LogP contribution in [0.4, 0.5) is 0 Å². The number of hydrogen-bond acceptors (Lipinski definition) is 1. The molecule has 1 aliphatic rings. The maximum absolute atomic E-state index is 9.68. The second-order valence-electron chi connectivity index (χ2n) is 3.49. The summed E-state index contributed by atoms with van der Waals surface area (Å²) >= 11 is 0. The van der Waals surface area contributed by atoms with Crippen molar-refractivity contribution in [3.05, 3.63) is 0 Å². The Balaban J connectivity index is 2.48. The van der Waals surface area contributed by atoms with Gasteiger partial charge in [-0.15, -0.1) is 12.3 Å². The summed E-state index contributed by atoms with van der Waals surface area (Å²) in [6.07, 6.45) is 10.1. The van der Waals surface area contributed by atoms with Crippen LogP contribution >= 0.6 is 0 Å². The van der Waals surface area contributed by atoms with Crippen LogP contribution in [0, 0.1) is 17.8 Å². The van der Waals surface area contributed by atoms with Crippen LogP contribution in [0.15, 0.2) is 0 Å². The van der Waals surface area contributed by atoms with Crippen molar-refractivity contribution < 1.29 is 5.11 Å². The smallest absolute Gasteiger partial charge is 0.0705 e. The van der Waals surface area contributed by atoms with Gasteiger partial charge in [0.25, 0.3) is 0 Å². The van der Waals surface area contributed by atoms with Crippen LogP contribution in [-0.2, 0) is 0 Å². The molecular weight excluding hydrogens is 136 g/mol. The fraction of sp³-hybridized carbons (Fsp3) is 0.800. The molecule has 1 unspecified atom stereocenters. The van der Waals surface area contributed by atoms with Crippen molar-refractivity contribution in [3.63, 3.8) is 0 Å². The first-order valence-electron chi connectivity index (χ1n) is 4.37. The Morgan fingerprint density at radius 3 is 2.55 bits per heavy atom. The molecule has 1 heteroatoms. The average molecular weight is 152 g/mol. The molecule has 0 aliphatic heterocycles. The molecule has 0 aromatic rings. The summed E-state index contributed by atoms with van der Waals surface area (Å²) in [5.74, 6) is 2.53. The molecule has 1 nitrogen and oxygen atoms in total. The zero-order valence-corrected chi connectivity index (χ0v) is 7.14. The highest BCUT2D eigenvalue weighted by Crippen LogP contribution is 2.47. The quantitative estimate of drug-likeness (QED) is 0.613. The summed E-state index contributed by atoms with van der Waals surface area (Å²) < 4.78 is 0. The molecule has 0 amide bonds. The van der Waals surface area contributed by atoms with Crippen LogP contribution in [0.1, 0.15) is 39.0 Å². The lowest BCUT2D eigenvalue weighted by molar-refractivity contribution is -0.0342. The molecule has 0 saturated heterocycles. The van der Waals surface area contributed by atoms with Crippen molar-refractivity contribution >= 4 is 0 Å². The number of aliphatic hydroxyl groups excluding tert-OH is 1. The molecule has 1 rings (SSSR count). The molecule has 1 N–H and O–H groups in total. The fourth-order valence-corrected chi connectivity index (χ4v) is 1.88. The highest BCUT2D eigenvalue weighted by atomic mass is 16.3. The van der Waals surface area contributed by atoms with E-state index < -0.39 is 0 Å². The van der Waals surface area contributed by atoms with Crippen molar-refractivity contribution in [1.82, 2.24) is 0 Å². The predicted molar refractivity (Wildman–Crippen MR) is 46.0 cm³/mol. The number of aliphatic hydroxyl groups is 1. The molecule has 1 aliphatic carbocycles. The molecule has 0 spiro atoms. The first-order chi connectivity index (χ1) is 5.25. The molecule has 0 aromatic heterocycles. The summed E-state index contributed by atoms with van der Waals surface area (Å²) in [5.41, 5.74) is 0.187. The Morgan fingerprint density at radius 2 is 2.27 bits per heavy atom. The van der Waals surface area contributed by atoms with Gasteiger partial charge in [-0.3, -0.25) is 0 Å². The van der Waals surface area contributed by atoms with E-state index >= 15 is 0 Å². The van der Waals surface area contributed by atoms with E-state index in [1.54, 1.807) is 0 Å². The lowest BCUT2D eigenvalue weighted by Gasteiger charge is -2.44. The van der Waals surface area contributed by atoms with Crippen molar-refractivity contribution in [2.75, 3.05) is 0 Å². The van der Waals surface area contributed by atoms with Gasteiger partial charge in [0.1, 0.15) is 0 Å². The van der Waals surface area contributed by atoms with Crippen LogP contribution in [0.2, 0.25) is 0 Å². The number of rotatable bonds is 3. The molecule has 1 saturated carbocycles. The standard InChI is InChI=1S/C10H16O/c1-3-6-9(11)10(4-2)7-5-8-10/h1,9,11H,4-8H2,2H3. The van der Waals surface area contributed by atoms with Crippen LogP contribution < -0.4 is 0 Å². The van der Waals surface area contributed by atoms with Gasteiger partial charge in [0.05, 0.1) is 6.10 Å². The number of terminal acetylenes is 1. The molecule has 0 radical (unpaired) electrons. The van der Waals surface area contributed by atoms with Gasteiger partial charge in [-0.05, 0) is 24.7 Å². The first kappa shape index (κ1) is 8.62. The SMILES string of the molecule is C#CCC(O)C1(CC)CCC1. The molecule has 11 heavy (non-hydrogen) atoms. The molecule has 62 valence electrons. The minimum absolute atomic E-state index is 0.187. The summed E-state index contributed by atoms with van der Waals surface area (Å²) in [6.45, 7) is 2.14. The Hall–Kier alpha value is -0.480. The van der Waals surface area contributed by atoms with Crippen molar-refractivity contribution in [3.8, 4) is 12.3 Å². The molecule has 0 heterocycles. The van der Waals surface area contributed by atoms with E-state index in [9.17, 15) is 5.11 Å². The topological polar surface area (TPSA) is 20.2 Å². The van der Waals surface area contributed by atoms with Gasteiger partial charge in [-0.25, -0.2) is 0 Å².